The van der Waals surface area contributed by atoms with Crippen molar-refractivity contribution in [3.05, 3.63) is 21.1 Å². The summed E-state index contributed by atoms with van der Waals surface area (Å²) in [5.41, 5.74) is 12.3. The van der Waals surface area contributed by atoms with E-state index in [2.05, 4.69) is 31.9 Å². The zero-order valence-corrected chi connectivity index (χ0v) is 8.24. The average Bonchev–Trinajstić information content (AvgIpc) is 1.82. The van der Waals surface area contributed by atoms with Gasteiger partial charge in [-0.3, -0.25) is 0 Å². The maximum Gasteiger partial charge on any atom is 0.0692 e. The molecule has 4 heteroatoms. The fraction of sp³-hybridized carbons (Fsp3) is 0. The minimum Gasteiger partial charge on any atom is -0.397 e. The van der Waals surface area contributed by atoms with E-state index in [-0.39, 0.29) is 0 Å². The lowest BCUT2D eigenvalue weighted by Gasteiger charge is -2.02. The van der Waals surface area contributed by atoms with Gasteiger partial charge in [0.1, 0.15) is 0 Å². The van der Waals surface area contributed by atoms with E-state index < -0.39 is 0 Å². The van der Waals surface area contributed by atoms with Crippen molar-refractivity contribution in [2.75, 3.05) is 11.5 Å². The van der Waals surface area contributed by atoms with E-state index >= 15 is 0 Å². The maximum absolute atomic E-state index is 5.56. The number of hydrogen-bond acceptors (Lipinski definition) is 2. The van der Waals surface area contributed by atoms with E-state index in [0.29, 0.717) is 11.4 Å². The zero-order chi connectivity index (χ0) is 7.72. The quantitative estimate of drug-likeness (QED) is 0.708. The summed E-state index contributed by atoms with van der Waals surface area (Å²) in [6.45, 7) is 0. The first-order valence-electron chi connectivity index (χ1n) is 2.61. The molecule has 0 amide bonds. The summed E-state index contributed by atoms with van der Waals surface area (Å²) < 4.78 is 1.74. The molecule has 1 aromatic carbocycles. The molecule has 0 aliphatic carbocycles. The molecule has 1 aromatic rings. The van der Waals surface area contributed by atoms with Gasteiger partial charge in [0.15, 0.2) is 0 Å². The average molecular weight is 266 g/mol. The summed E-state index contributed by atoms with van der Waals surface area (Å²) >= 11 is 6.54. The number of nitrogen functional groups attached to an aromatic ring is 2. The van der Waals surface area contributed by atoms with E-state index in [0.717, 1.165) is 8.95 Å². The van der Waals surface area contributed by atoms with Crippen LogP contribution >= 0.6 is 31.9 Å². The number of benzene rings is 1. The van der Waals surface area contributed by atoms with E-state index in [1.807, 2.05) is 6.07 Å². The molecule has 54 valence electrons. The first kappa shape index (κ1) is 7.88. The topological polar surface area (TPSA) is 52.0 Å². The van der Waals surface area contributed by atoms with Gasteiger partial charge in [-0.05, 0) is 28.1 Å². The fourth-order valence-corrected chi connectivity index (χ4v) is 1.86. The molecule has 10 heavy (non-hydrogen) atoms. The van der Waals surface area contributed by atoms with Crippen LogP contribution in [0.2, 0.25) is 0 Å². The Balaban J connectivity index is 3.31. The van der Waals surface area contributed by atoms with Gasteiger partial charge < -0.3 is 11.5 Å². The van der Waals surface area contributed by atoms with Crippen LogP contribution < -0.4 is 11.5 Å². The molecular weight excluding hydrogens is 260 g/mol. The molecule has 0 aliphatic heterocycles. The number of rotatable bonds is 0. The Morgan fingerprint density at radius 2 is 1.70 bits per heavy atom. The summed E-state index contributed by atoms with van der Waals surface area (Å²) in [6, 6.07) is 3.62. The Labute approximate surface area is 75.8 Å². The summed E-state index contributed by atoms with van der Waals surface area (Å²) in [5.74, 6) is 0. The van der Waals surface area contributed by atoms with Crippen molar-refractivity contribution in [1.82, 2.24) is 0 Å². The number of hydrogen-bond donors (Lipinski definition) is 2. The highest BCUT2D eigenvalue weighted by molar-refractivity contribution is 9.11. The molecule has 1 rings (SSSR count). The van der Waals surface area contributed by atoms with Gasteiger partial charge in [0, 0.05) is 8.95 Å². The van der Waals surface area contributed by atoms with Crippen molar-refractivity contribution in [2.24, 2.45) is 0 Å². The Hall–Kier alpha value is -0.220. The van der Waals surface area contributed by atoms with Crippen molar-refractivity contribution in [1.29, 1.82) is 0 Å². The fourth-order valence-electron chi connectivity index (χ4n) is 0.605. The molecule has 0 spiro atoms. The maximum atomic E-state index is 5.56. The van der Waals surface area contributed by atoms with Gasteiger partial charge in [0.25, 0.3) is 0 Å². The van der Waals surface area contributed by atoms with Gasteiger partial charge in [-0.15, -0.1) is 0 Å². The second-order valence-electron chi connectivity index (χ2n) is 1.89. The van der Waals surface area contributed by atoms with Crippen LogP contribution in [0.3, 0.4) is 0 Å². The standard InChI is InChI=1S/C6H6Br2N2/c7-3-1-4(8)6(10)5(9)2-3/h1-2H,9-10H2. The predicted molar refractivity (Wildman–Crippen MR) is 50.7 cm³/mol. The Morgan fingerprint density at radius 3 is 2.20 bits per heavy atom. The molecule has 0 aliphatic rings. The third-order valence-corrected chi connectivity index (χ3v) is 2.24. The molecule has 2 nitrogen and oxygen atoms in total. The van der Waals surface area contributed by atoms with Crippen LogP contribution in [0.25, 0.3) is 0 Å². The Bertz CT molecular complexity index is 237. The normalized spacial score (nSPS) is 9.80. The highest BCUT2D eigenvalue weighted by Gasteiger charge is 2.00. The van der Waals surface area contributed by atoms with Crippen LogP contribution in [0.5, 0.6) is 0 Å². The molecule has 0 atom stereocenters. The highest BCUT2D eigenvalue weighted by atomic mass is 79.9. The lowest BCUT2D eigenvalue weighted by Crippen LogP contribution is -1.94. The van der Waals surface area contributed by atoms with Crippen LogP contribution in [0.4, 0.5) is 11.4 Å². The van der Waals surface area contributed by atoms with E-state index in [1.54, 1.807) is 6.07 Å². The van der Waals surface area contributed by atoms with Gasteiger partial charge in [-0.25, -0.2) is 0 Å². The third kappa shape index (κ3) is 1.44. The summed E-state index contributed by atoms with van der Waals surface area (Å²) in [5, 5.41) is 0. The monoisotopic (exact) mass is 264 g/mol. The molecule has 0 radical (unpaired) electrons. The summed E-state index contributed by atoms with van der Waals surface area (Å²) in [7, 11) is 0. The van der Waals surface area contributed by atoms with E-state index in [4.69, 9.17) is 11.5 Å². The van der Waals surface area contributed by atoms with E-state index in [1.165, 1.54) is 0 Å². The smallest absolute Gasteiger partial charge is 0.0692 e. The first-order chi connectivity index (χ1) is 4.61. The number of anilines is 2. The lowest BCUT2D eigenvalue weighted by atomic mass is 10.3. The van der Waals surface area contributed by atoms with Crippen LogP contribution in [0, 0.1) is 0 Å². The molecule has 0 unspecified atom stereocenters. The molecule has 0 heterocycles. The van der Waals surface area contributed by atoms with E-state index in [9.17, 15) is 0 Å². The second-order valence-corrected chi connectivity index (χ2v) is 3.66. The summed E-state index contributed by atoms with van der Waals surface area (Å²) in [4.78, 5) is 0. The Kier molecular flexibility index (Phi) is 2.21. The molecule has 0 fully saturated rings. The highest BCUT2D eigenvalue weighted by Crippen LogP contribution is 2.29. The van der Waals surface area contributed by atoms with Crippen molar-refractivity contribution in [2.45, 2.75) is 0 Å². The predicted octanol–water partition coefficient (Wildman–Crippen LogP) is 2.38. The lowest BCUT2D eigenvalue weighted by molar-refractivity contribution is 1.58. The molecule has 0 bridgehead atoms. The second kappa shape index (κ2) is 2.80. The third-order valence-electron chi connectivity index (χ3n) is 1.13. The van der Waals surface area contributed by atoms with Crippen LogP contribution in [0.1, 0.15) is 0 Å². The first-order valence-corrected chi connectivity index (χ1v) is 4.20. The minimum atomic E-state index is 0.584. The number of halogens is 2. The largest absolute Gasteiger partial charge is 0.397 e. The molecule has 4 N–H and O–H groups in total. The van der Waals surface area contributed by atoms with Gasteiger partial charge in [-0.1, -0.05) is 15.9 Å². The molecule has 0 aromatic heterocycles. The minimum absolute atomic E-state index is 0.584. The molecule has 0 saturated heterocycles. The van der Waals surface area contributed by atoms with Crippen LogP contribution in [0.15, 0.2) is 21.1 Å². The van der Waals surface area contributed by atoms with Crippen molar-refractivity contribution >= 4 is 43.2 Å². The number of nitrogens with two attached hydrogens (primary N) is 2. The van der Waals surface area contributed by atoms with Crippen molar-refractivity contribution in [3.8, 4) is 0 Å². The van der Waals surface area contributed by atoms with Crippen molar-refractivity contribution in [3.63, 3.8) is 0 Å². The van der Waals surface area contributed by atoms with Crippen molar-refractivity contribution < 1.29 is 0 Å². The van der Waals surface area contributed by atoms with Gasteiger partial charge in [0.2, 0.25) is 0 Å². The summed E-state index contributed by atoms with van der Waals surface area (Å²) in [6.07, 6.45) is 0. The van der Waals surface area contributed by atoms with Gasteiger partial charge >= 0.3 is 0 Å². The molecule has 0 saturated carbocycles. The van der Waals surface area contributed by atoms with Crippen LogP contribution in [-0.4, -0.2) is 0 Å². The van der Waals surface area contributed by atoms with Crippen LogP contribution in [-0.2, 0) is 0 Å². The van der Waals surface area contributed by atoms with Gasteiger partial charge in [0.05, 0.1) is 11.4 Å². The molecular formula is C6H6Br2N2. The van der Waals surface area contributed by atoms with Gasteiger partial charge in [-0.2, -0.15) is 0 Å². The Morgan fingerprint density at radius 1 is 1.10 bits per heavy atom. The SMILES string of the molecule is Nc1cc(Br)cc(Br)c1N. The zero-order valence-electron chi connectivity index (χ0n) is 5.07.